The van der Waals surface area contributed by atoms with Crippen LogP contribution in [0.15, 0.2) is 41.1 Å². The number of anilines is 1. The van der Waals surface area contributed by atoms with Gasteiger partial charge in [-0.2, -0.15) is 4.98 Å². The Morgan fingerprint density at radius 1 is 1.19 bits per heavy atom. The molecule has 3 aromatic rings. The fourth-order valence-electron chi connectivity index (χ4n) is 2.77. The molecule has 0 radical (unpaired) electrons. The fraction of sp³-hybridized carbons (Fsp3) is 0.267. The van der Waals surface area contributed by atoms with Crippen LogP contribution in [-0.4, -0.2) is 21.5 Å². The van der Waals surface area contributed by atoms with Crippen molar-refractivity contribution in [1.29, 1.82) is 0 Å². The Hall–Kier alpha value is -2.50. The third-order valence-electron chi connectivity index (χ3n) is 3.74. The molecule has 0 N–H and O–H groups in total. The Morgan fingerprint density at radius 3 is 2.86 bits per heavy atom. The van der Waals surface area contributed by atoms with Crippen LogP contribution < -0.4 is 4.90 Å². The van der Waals surface area contributed by atoms with Gasteiger partial charge in [0, 0.05) is 18.9 Å². The molecule has 6 heteroatoms. The topological polar surface area (TPSA) is 55.1 Å². The van der Waals surface area contributed by atoms with Crippen LogP contribution in [0.25, 0.3) is 11.1 Å². The molecule has 1 atom stereocenters. The molecule has 0 bridgehead atoms. The second kappa shape index (κ2) is 4.80. The van der Waals surface area contributed by atoms with Crippen molar-refractivity contribution in [1.82, 2.24) is 15.0 Å². The van der Waals surface area contributed by atoms with Gasteiger partial charge in [0.1, 0.15) is 5.52 Å². The molecule has 0 saturated carbocycles. The highest BCUT2D eigenvalue weighted by Crippen LogP contribution is 2.35. The Morgan fingerprint density at radius 2 is 2.05 bits per heavy atom. The molecule has 1 unspecified atom stereocenters. The first kappa shape index (κ1) is 12.3. The molecule has 4 rings (SSSR count). The quantitative estimate of drug-likeness (QED) is 0.723. The van der Waals surface area contributed by atoms with Gasteiger partial charge in [0.2, 0.25) is 0 Å². The van der Waals surface area contributed by atoms with E-state index in [0.717, 1.165) is 25.2 Å². The highest BCUT2D eigenvalue weighted by Gasteiger charge is 2.31. The number of benzene rings is 1. The van der Waals surface area contributed by atoms with Crippen molar-refractivity contribution in [2.24, 2.45) is 0 Å². The van der Waals surface area contributed by atoms with Gasteiger partial charge in [-0.3, -0.25) is 0 Å². The van der Waals surface area contributed by atoms with E-state index in [1.54, 1.807) is 30.6 Å². The third-order valence-corrected chi connectivity index (χ3v) is 3.74. The Labute approximate surface area is 120 Å². The normalized spacial score (nSPS) is 18.5. The minimum absolute atomic E-state index is 0.0299. The summed E-state index contributed by atoms with van der Waals surface area (Å²) in [6.45, 7) is 0.803. The number of oxazole rings is 1. The number of nitrogens with zero attached hydrogens (tertiary/aromatic N) is 4. The van der Waals surface area contributed by atoms with Crippen LogP contribution in [0.5, 0.6) is 0 Å². The molecular formula is C15H13FN4O. The van der Waals surface area contributed by atoms with Crippen molar-refractivity contribution in [3.8, 4) is 0 Å². The highest BCUT2D eigenvalue weighted by molar-refractivity contribution is 5.75. The molecule has 1 saturated heterocycles. The Bertz CT molecular complexity index is 774. The van der Waals surface area contributed by atoms with E-state index in [9.17, 15) is 4.39 Å². The fourth-order valence-corrected chi connectivity index (χ4v) is 2.77. The van der Waals surface area contributed by atoms with Crippen molar-refractivity contribution in [2.45, 2.75) is 18.9 Å². The summed E-state index contributed by atoms with van der Waals surface area (Å²) in [6.07, 6.45) is 5.39. The maximum absolute atomic E-state index is 13.7. The van der Waals surface area contributed by atoms with Crippen molar-refractivity contribution < 1.29 is 8.81 Å². The number of para-hydroxylation sites is 1. The van der Waals surface area contributed by atoms with Gasteiger partial charge < -0.3 is 9.32 Å². The van der Waals surface area contributed by atoms with Crippen molar-refractivity contribution in [3.63, 3.8) is 0 Å². The smallest absolute Gasteiger partial charge is 0.299 e. The van der Waals surface area contributed by atoms with Crippen LogP contribution in [0.1, 0.15) is 24.7 Å². The molecule has 1 aliphatic rings. The van der Waals surface area contributed by atoms with Crippen molar-refractivity contribution >= 4 is 17.1 Å². The summed E-state index contributed by atoms with van der Waals surface area (Å²) < 4.78 is 19.3. The first-order valence-corrected chi connectivity index (χ1v) is 6.91. The number of hydrogen-bond donors (Lipinski definition) is 0. The van der Waals surface area contributed by atoms with Crippen LogP contribution in [0, 0.1) is 5.82 Å². The summed E-state index contributed by atoms with van der Waals surface area (Å²) in [6, 6.07) is 7.00. The van der Waals surface area contributed by atoms with E-state index in [1.807, 2.05) is 4.90 Å². The van der Waals surface area contributed by atoms with Gasteiger partial charge >= 0.3 is 0 Å². The molecule has 3 heterocycles. The molecule has 1 aromatic carbocycles. The van der Waals surface area contributed by atoms with Gasteiger partial charge in [-0.1, -0.05) is 6.07 Å². The van der Waals surface area contributed by atoms with Crippen molar-refractivity contribution in [2.75, 3.05) is 11.4 Å². The number of halogens is 1. The lowest BCUT2D eigenvalue weighted by Crippen LogP contribution is -2.24. The third kappa shape index (κ3) is 2.03. The second-order valence-corrected chi connectivity index (χ2v) is 5.04. The van der Waals surface area contributed by atoms with E-state index >= 15 is 0 Å². The van der Waals surface area contributed by atoms with E-state index in [0.29, 0.717) is 11.5 Å². The van der Waals surface area contributed by atoms with E-state index in [4.69, 9.17) is 4.42 Å². The molecule has 1 aliphatic heterocycles. The lowest BCUT2D eigenvalue weighted by molar-refractivity contribution is 0.525. The number of hydrogen-bond acceptors (Lipinski definition) is 5. The molecule has 0 amide bonds. The van der Waals surface area contributed by atoms with Gasteiger partial charge in [0.25, 0.3) is 6.01 Å². The lowest BCUT2D eigenvalue weighted by Gasteiger charge is -2.21. The summed E-state index contributed by atoms with van der Waals surface area (Å²) in [4.78, 5) is 15.0. The van der Waals surface area contributed by atoms with Crippen LogP contribution in [0.4, 0.5) is 10.4 Å². The second-order valence-electron chi connectivity index (χ2n) is 5.04. The van der Waals surface area contributed by atoms with Gasteiger partial charge in [0.05, 0.1) is 6.04 Å². The summed E-state index contributed by atoms with van der Waals surface area (Å²) in [7, 11) is 0. The maximum Gasteiger partial charge on any atom is 0.299 e. The summed E-state index contributed by atoms with van der Waals surface area (Å²) >= 11 is 0. The van der Waals surface area contributed by atoms with E-state index < -0.39 is 5.82 Å². The van der Waals surface area contributed by atoms with Crippen molar-refractivity contribution in [3.05, 3.63) is 48.3 Å². The minimum Gasteiger partial charge on any atom is -0.420 e. The largest absolute Gasteiger partial charge is 0.420 e. The molecule has 1 fully saturated rings. The summed E-state index contributed by atoms with van der Waals surface area (Å²) in [5.74, 6) is 0.357. The van der Waals surface area contributed by atoms with E-state index in [2.05, 4.69) is 15.0 Å². The number of fused-ring (bicyclic) bond motifs is 1. The van der Waals surface area contributed by atoms with Gasteiger partial charge in [-0.25, -0.2) is 14.4 Å². The van der Waals surface area contributed by atoms with Crippen LogP contribution in [-0.2, 0) is 0 Å². The van der Waals surface area contributed by atoms with E-state index in [-0.39, 0.29) is 11.6 Å². The van der Waals surface area contributed by atoms with Gasteiger partial charge in [-0.05, 0) is 31.0 Å². The van der Waals surface area contributed by atoms with E-state index in [1.165, 1.54) is 6.07 Å². The monoisotopic (exact) mass is 284 g/mol. The van der Waals surface area contributed by atoms with Gasteiger partial charge in [0.15, 0.2) is 17.2 Å². The lowest BCUT2D eigenvalue weighted by atomic mass is 10.2. The number of rotatable bonds is 2. The van der Waals surface area contributed by atoms with Crippen LogP contribution in [0.2, 0.25) is 0 Å². The predicted octanol–water partition coefficient (Wildman–Crippen LogP) is 3.10. The summed E-state index contributed by atoms with van der Waals surface area (Å²) in [5, 5.41) is 0. The zero-order valence-corrected chi connectivity index (χ0v) is 11.2. The standard InChI is InChI=1S/C15H13FN4O/c16-10-4-1-5-11-13(10)21-15(19-11)20-9-2-6-12(20)14-17-7-3-8-18-14/h1,3-5,7-8,12H,2,6,9H2. The SMILES string of the molecule is Fc1cccc2nc(N3CCCC3c3ncccn3)oc12. The maximum atomic E-state index is 13.7. The van der Waals surface area contributed by atoms with Crippen LogP contribution in [0.3, 0.4) is 0 Å². The van der Waals surface area contributed by atoms with Gasteiger partial charge in [-0.15, -0.1) is 0 Å². The number of aromatic nitrogens is 3. The first-order chi connectivity index (χ1) is 10.3. The zero-order valence-electron chi connectivity index (χ0n) is 11.2. The Kier molecular flexibility index (Phi) is 2.80. The first-order valence-electron chi connectivity index (χ1n) is 6.91. The molecule has 0 aliphatic carbocycles. The molecule has 21 heavy (non-hydrogen) atoms. The van der Waals surface area contributed by atoms with Crippen LogP contribution >= 0.6 is 0 Å². The molecule has 106 valence electrons. The average Bonchev–Trinajstić information content (AvgIpc) is 3.15. The Balaban J connectivity index is 1.75. The highest BCUT2D eigenvalue weighted by atomic mass is 19.1. The average molecular weight is 284 g/mol. The molecule has 2 aromatic heterocycles. The molecule has 0 spiro atoms. The predicted molar refractivity (Wildman–Crippen MR) is 75.3 cm³/mol. The molecular weight excluding hydrogens is 271 g/mol. The minimum atomic E-state index is -0.391. The summed E-state index contributed by atoms with van der Waals surface area (Å²) in [5.41, 5.74) is 0.733. The molecule has 5 nitrogen and oxygen atoms in total. The zero-order chi connectivity index (χ0) is 14.2.